The highest BCUT2D eigenvalue weighted by Gasteiger charge is 2.32. The third-order valence-electron chi connectivity index (χ3n) is 3.06. The molecule has 1 aromatic rings. The van der Waals surface area contributed by atoms with Gasteiger partial charge in [0.15, 0.2) is 0 Å². The molecular weight excluding hydrogens is 232 g/mol. The number of nitrogens with one attached hydrogen (secondary N) is 1. The van der Waals surface area contributed by atoms with E-state index in [-0.39, 0.29) is 12.1 Å². The SMILES string of the molecule is CN(C)CC1CC(O)CN1c1cc(NN)ncn1. The molecule has 0 spiro atoms. The number of nitrogens with two attached hydrogens (primary N) is 1. The average Bonchev–Trinajstić information content (AvgIpc) is 2.69. The van der Waals surface area contributed by atoms with Crippen molar-refractivity contribution in [3.05, 3.63) is 12.4 Å². The molecule has 1 aliphatic heterocycles. The van der Waals surface area contributed by atoms with Crippen LogP contribution in [0.3, 0.4) is 0 Å². The fourth-order valence-electron chi connectivity index (χ4n) is 2.35. The minimum atomic E-state index is -0.306. The lowest BCUT2D eigenvalue weighted by Crippen LogP contribution is -2.38. The number of nitrogens with zero attached hydrogens (tertiary/aromatic N) is 4. The molecule has 4 N–H and O–H groups in total. The highest BCUT2D eigenvalue weighted by Crippen LogP contribution is 2.25. The zero-order chi connectivity index (χ0) is 13.1. The molecule has 1 aliphatic rings. The Balaban J connectivity index is 2.18. The maximum absolute atomic E-state index is 9.83. The second kappa shape index (κ2) is 5.47. The third kappa shape index (κ3) is 2.87. The molecule has 0 aliphatic carbocycles. The summed E-state index contributed by atoms with van der Waals surface area (Å²) in [6.07, 6.45) is 1.93. The summed E-state index contributed by atoms with van der Waals surface area (Å²) >= 11 is 0. The first-order chi connectivity index (χ1) is 8.60. The van der Waals surface area contributed by atoms with Gasteiger partial charge in [-0.1, -0.05) is 0 Å². The van der Waals surface area contributed by atoms with Crippen molar-refractivity contribution in [1.82, 2.24) is 14.9 Å². The van der Waals surface area contributed by atoms with Crippen LogP contribution < -0.4 is 16.2 Å². The van der Waals surface area contributed by atoms with Gasteiger partial charge < -0.3 is 20.3 Å². The molecule has 0 saturated carbocycles. The van der Waals surface area contributed by atoms with E-state index in [1.54, 1.807) is 6.07 Å². The molecule has 7 heteroatoms. The van der Waals surface area contributed by atoms with Crippen molar-refractivity contribution >= 4 is 11.6 Å². The third-order valence-corrected chi connectivity index (χ3v) is 3.06. The number of aliphatic hydroxyl groups excluding tert-OH is 1. The maximum atomic E-state index is 9.83. The van der Waals surface area contributed by atoms with Crippen LogP contribution in [0.2, 0.25) is 0 Å². The largest absolute Gasteiger partial charge is 0.391 e. The van der Waals surface area contributed by atoms with Gasteiger partial charge in [0.2, 0.25) is 0 Å². The minimum Gasteiger partial charge on any atom is -0.391 e. The Labute approximate surface area is 107 Å². The average molecular weight is 252 g/mol. The van der Waals surface area contributed by atoms with Gasteiger partial charge in [0.25, 0.3) is 0 Å². The summed E-state index contributed by atoms with van der Waals surface area (Å²) in [6, 6.07) is 2.05. The number of likely N-dealkylation sites (N-methyl/N-ethyl adjacent to an activating group) is 1. The van der Waals surface area contributed by atoms with Crippen LogP contribution in [0.25, 0.3) is 0 Å². The summed E-state index contributed by atoms with van der Waals surface area (Å²) in [7, 11) is 4.05. The molecule has 0 amide bonds. The standard InChI is InChI=1S/C11H20N6O/c1-16(2)5-8-3-9(18)6-17(8)11-4-10(15-12)13-7-14-11/h4,7-9,18H,3,5-6,12H2,1-2H3,(H,13,14,15). The van der Waals surface area contributed by atoms with Crippen LogP contribution in [0.4, 0.5) is 11.6 Å². The topological polar surface area (TPSA) is 90.5 Å². The molecule has 2 atom stereocenters. The number of aromatic nitrogens is 2. The van der Waals surface area contributed by atoms with Crippen LogP contribution >= 0.6 is 0 Å². The smallest absolute Gasteiger partial charge is 0.145 e. The van der Waals surface area contributed by atoms with Crippen molar-refractivity contribution in [1.29, 1.82) is 0 Å². The number of anilines is 2. The van der Waals surface area contributed by atoms with Crippen molar-refractivity contribution in [2.75, 3.05) is 37.5 Å². The molecule has 0 aromatic carbocycles. The van der Waals surface area contributed by atoms with E-state index in [0.29, 0.717) is 12.4 Å². The van der Waals surface area contributed by atoms with Gasteiger partial charge in [-0.2, -0.15) is 0 Å². The van der Waals surface area contributed by atoms with E-state index >= 15 is 0 Å². The quantitative estimate of drug-likeness (QED) is 0.480. The molecule has 18 heavy (non-hydrogen) atoms. The van der Waals surface area contributed by atoms with Crippen molar-refractivity contribution in [2.24, 2.45) is 5.84 Å². The van der Waals surface area contributed by atoms with Gasteiger partial charge in [-0.25, -0.2) is 15.8 Å². The minimum absolute atomic E-state index is 0.260. The summed E-state index contributed by atoms with van der Waals surface area (Å²) in [5.74, 6) is 6.71. The predicted octanol–water partition coefficient (Wildman–Crippen LogP) is -0.737. The van der Waals surface area contributed by atoms with E-state index in [9.17, 15) is 5.11 Å². The molecule has 2 heterocycles. The molecule has 0 radical (unpaired) electrons. The lowest BCUT2D eigenvalue weighted by atomic mass is 10.2. The van der Waals surface area contributed by atoms with Crippen LogP contribution in [0.1, 0.15) is 6.42 Å². The van der Waals surface area contributed by atoms with E-state index in [1.807, 2.05) is 14.1 Å². The van der Waals surface area contributed by atoms with Crippen molar-refractivity contribution in [3.8, 4) is 0 Å². The molecule has 2 rings (SSSR count). The number of rotatable bonds is 4. The molecule has 1 aromatic heterocycles. The number of aliphatic hydroxyl groups is 1. The zero-order valence-electron chi connectivity index (χ0n) is 10.7. The normalized spacial score (nSPS) is 23.7. The van der Waals surface area contributed by atoms with Crippen LogP contribution in [-0.4, -0.2) is 59.3 Å². The van der Waals surface area contributed by atoms with E-state index in [4.69, 9.17) is 5.84 Å². The lowest BCUT2D eigenvalue weighted by Gasteiger charge is -2.27. The van der Waals surface area contributed by atoms with E-state index < -0.39 is 0 Å². The molecule has 1 saturated heterocycles. The number of hydrogen-bond acceptors (Lipinski definition) is 7. The molecule has 2 unspecified atom stereocenters. The van der Waals surface area contributed by atoms with E-state index in [1.165, 1.54) is 6.33 Å². The Morgan fingerprint density at radius 2 is 2.33 bits per heavy atom. The van der Waals surface area contributed by atoms with Gasteiger partial charge in [0.1, 0.15) is 18.0 Å². The van der Waals surface area contributed by atoms with Gasteiger partial charge in [-0.15, -0.1) is 0 Å². The second-order valence-electron chi connectivity index (χ2n) is 4.86. The number of nitrogen functional groups attached to an aromatic ring is 1. The Kier molecular flexibility index (Phi) is 3.95. The first kappa shape index (κ1) is 13.0. The molecular formula is C11H20N6O. The Morgan fingerprint density at radius 3 is 3.00 bits per heavy atom. The first-order valence-electron chi connectivity index (χ1n) is 5.98. The monoisotopic (exact) mass is 252 g/mol. The molecule has 1 fully saturated rings. The predicted molar refractivity (Wildman–Crippen MR) is 70.2 cm³/mol. The Morgan fingerprint density at radius 1 is 1.56 bits per heavy atom. The summed E-state index contributed by atoms with van der Waals surface area (Å²) in [4.78, 5) is 12.5. The van der Waals surface area contributed by atoms with E-state index in [0.717, 1.165) is 18.8 Å². The van der Waals surface area contributed by atoms with Crippen LogP contribution in [0.5, 0.6) is 0 Å². The van der Waals surface area contributed by atoms with Crippen LogP contribution in [-0.2, 0) is 0 Å². The Bertz CT molecular complexity index is 399. The second-order valence-corrected chi connectivity index (χ2v) is 4.86. The van der Waals surface area contributed by atoms with Crippen LogP contribution in [0, 0.1) is 0 Å². The van der Waals surface area contributed by atoms with Gasteiger partial charge in [-0.05, 0) is 20.5 Å². The summed E-state index contributed by atoms with van der Waals surface area (Å²) in [6.45, 7) is 1.48. The number of hydrogen-bond donors (Lipinski definition) is 3. The van der Waals surface area contributed by atoms with Gasteiger partial charge in [0.05, 0.1) is 6.10 Å². The van der Waals surface area contributed by atoms with Gasteiger partial charge in [0, 0.05) is 25.2 Å². The molecule has 100 valence electrons. The Hall–Kier alpha value is -1.44. The van der Waals surface area contributed by atoms with Crippen molar-refractivity contribution in [3.63, 3.8) is 0 Å². The van der Waals surface area contributed by atoms with Gasteiger partial charge >= 0.3 is 0 Å². The van der Waals surface area contributed by atoms with E-state index in [2.05, 4.69) is 25.2 Å². The molecule has 7 nitrogen and oxygen atoms in total. The summed E-state index contributed by atoms with van der Waals surface area (Å²) < 4.78 is 0. The summed E-state index contributed by atoms with van der Waals surface area (Å²) in [5, 5.41) is 9.83. The number of β-amino-alcohol motifs (C(OH)–C–C–N with tert-alkyl or cyclic N) is 1. The highest BCUT2D eigenvalue weighted by molar-refractivity contribution is 5.49. The lowest BCUT2D eigenvalue weighted by molar-refractivity contribution is 0.191. The number of hydrazine groups is 1. The summed E-state index contributed by atoms with van der Waals surface area (Å²) in [5.41, 5.74) is 2.51. The van der Waals surface area contributed by atoms with Crippen molar-refractivity contribution in [2.45, 2.75) is 18.6 Å². The fourth-order valence-corrected chi connectivity index (χ4v) is 2.35. The van der Waals surface area contributed by atoms with Crippen molar-refractivity contribution < 1.29 is 5.11 Å². The molecule has 0 bridgehead atoms. The van der Waals surface area contributed by atoms with Gasteiger partial charge in [-0.3, -0.25) is 0 Å². The first-order valence-corrected chi connectivity index (χ1v) is 5.98. The fraction of sp³-hybridized carbons (Fsp3) is 0.636. The highest BCUT2D eigenvalue weighted by atomic mass is 16.3. The maximum Gasteiger partial charge on any atom is 0.145 e. The zero-order valence-corrected chi connectivity index (χ0v) is 10.7. The van der Waals surface area contributed by atoms with Crippen LogP contribution in [0.15, 0.2) is 12.4 Å².